The summed E-state index contributed by atoms with van der Waals surface area (Å²) >= 11 is 0. The Balaban J connectivity index is 2.04. The van der Waals surface area contributed by atoms with Crippen molar-refractivity contribution in [3.8, 4) is 0 Å². The number of rotatable bonds is 4. The van der Waals surface area contributed by atoms with Crippen LogP contribution in [0.15, 0.2) is 24.3 Å². The van der Waals surface area contributed by atoms with Crippen molar-refractivity contribution in [2.24, 2.45) is 0 Å². The molecule has 0 radical (unpaired) electrons. The maximum absolute atomic E-state index is 12.6. The van der Waals surface area contributed by atoms with Crippen molar-refractivity contribution in [3.05, 3.63) is 29.8 Å². The van der Waals surface area contributed by atoms with Crippen molar-refractivity contribution in [1.29, 1.82) is 0 Å². The lowest BCUT2D eigenvalue weighted by atomic mass is 10.1. The van der Waals surface area contributed by atoms with Crippen molar-refractivity contribution in [1.82, 2.24) is 13.5 Å². The van der Waals surface area contributed by atoms with Crippen LogP contribution in [0.2, 0.25) is 0 Å². The largest absolute Gasteiger partial charge is 0.337 e. The molecule has 25 heavy (non-hydrogen) atoms. The molecule has 0 bridgehead atoms. The maximum Gasteiger partial charge on any atom is 0.281 e. The third-order valence-corrected chi connectivity index (χ3v) is 5.92. The number of anilines is 1. The molecule has 2 rings (SSSR count). The fraction of sp³-hybridized carbons (Fsp3) is 0.500. The third-order valence-electron chi connectivity index (χ3n) is 3.98. The van der Waals surface area contributed by atoms with Crippen molar-refractivity contribution in [2.45, 2.75) is 13.3 Å². The highest BCUT2D eigenvalue weighted by molar-refractivity contribution is 7.86. The molecule has 1 N–H and O–H groups in total. The van der Waals surface area contributed by atoms with Gasteiger partial charge in [0.25, 0.3) is 16.1 Å². The topological polar surface area (TPSA) is 90.0 Å². The Morgan fingerprint density at radius 2 is 1.68 bits per heavy atom. The highest BCUT2D eigenvalue weighted by Gasteiger charge is 2.28. The Hall–Kier alpha value is -1.97. The van der Waals surface area contributed by atoms with Crippen LogP contribution in [-0.4, -0.2) is 74.0 Å². The second kappa shape index (κ2) is 7.94. The van der Waals surface area contributed by atoms with E-state index in [0.29, 0.717) is 37.3 Å². The molecule has 1 fully saturated rings. The van der Waals surface area contributed by atoms with Gasteiger partial charge in [0.05, 0.1) is 0 Å². The van der Waals surface area contributed by atoms with Crippen LogP contribution in [0.1, 0.15) is 23.7 Å². The first-order valence-electron chi connectivity index (χ1n) is 8.06. The first-order chi connectivity index (χ1) is 11.7. The van der Waals surface area contributed by atoms with Gasteiger partial charge in [-0.2, -0.15) is 17.0 Å². The molecule has 138 valence electrons. The molecule has 1 aromatic rings. The number of hydrogen-bond acceptors (Lipinski definition) is 4. The Morgan fingerprint density at radius 1 is 1.04 bits per heavy atom. The summed E-state index contributed by atoms with van der Waals surface area (Å²) in [5.41, 5.74) is 1.14. The summed E-state index contributed by atoms with van der Waals surface area (Å²) in [6.07, 6.45) is 0.586. The van der Waals surface area contributed by atoms with Gasteiger partial charge in [0.2, 0.25) is 5.91 Å². The normalized spacial score (nSPS) is 16.6. The lowest BCUT2D eigenvalue weighted by molar-refractivity contribution is -0.114. The van der Waals surface area contributed by atoms with E-state index in [-0.39, 0.29) is 18.4 Å². The summed E-state index contributed by atoms with van der Waals surface area (Å²) in [4.78, 5) is 25.3. The molecule has 9 heteroatoms. The fourth-order valence-corrected chi connectivity index (χ4v) is 3.77. The predicted octanol–water partition coefficient (Wildman–Crippen LogP) is 0.599. The van der Waals surface area contributed by atoms with Crippen molar-refractivity contribution in [2.75, 3.05) is 45.6 Å². The number of amides is 2. The van der Waals surface area contributed by atoms with Crippen LogP contribution < -0.4 is 5.32 Å². The van der Waals surface area contributed by atoms with Gasteiger partial charge in [-0.15, -0.1) is 0 Å². The van der Waals surface area contributed by atoms with Gasteiger partial charge in [0.1, 0.15) is 0 Å². The Labute approximate surface area is 148 Å². The van der Waals surface area contributed by atoms with Crippen LogP contribution in [0.5, 0.6) is 0 Å². The number of hydrogen-bond donors (Lipinski definition) is 1. The maximum atomic E-state index is 12.6. The Morgan fingerprint density at radius 3 is 2.24 bits per heavy atom. The molecule has 1 aliphatic rings. The Bertz CT molecular complexity index is 731. The molecule has 0 aromatic heterocycles. The van der Waals surface area contributed by atoms with Gasteiger partial charge in [-0.1, -0.05) is 0 Å². The van der Waals surface area contributed by atoms with E-state index >= 15 is 0 Å². The van der Waals surface area contributed by atoms with Gasteiger partial charge in [0, 0.05) is 58.4 Å². The van der Waals surface area contributed by atoms with E-state index in [9.17, 15) is 18.0 Å². The van der Waals surface area contributed by atoms with Crippen LogP contribution >= 0.6 is 0 Å². The van der Waals surface area contributed by atoms with E-state index in [1.165, 1.54) is 29.6 Å². The summed E-state index contributed by atoms with van der Waals surface area (Å²) in [6.45, 7) is 2.94. The summed E-state index contributed by atoms with van der Waals surface area (Å²) < 4.78 is 27.0. The predicted molar refractivity (Wildman–Crippen MR) is 95.4 cm³/mol. The molecule has 1 heterocycles. The van der Waals surface area contributed by atoms with E-state index in [4.69, 9.17) is 0 Å². The molecule has 0 aliphatic carbocycles. The fourth-order valence-electron chi connectivity index (χ4n) is 2.64. The quantitative estimate of drug-likeness (QED) is 0.843. The zero-order chi connectivity index (χ0) is 18.6. The van der Waals surface area contributed by atoms with Gasteiger partial charge < -0.3 is 10.2 Å². The average Bonchev–Trinajstić information content (AvgIpc) is 2.80. The molecule has 1 saturated heterocycles. The lowest BCUT2D eigenvalue weighted by Gasteiger charge is -2.24. The van der Waals surface area contributed by atoms with Gasteiger partial charge >= 0.3 is 0 Å². The van der Waals surface area contributed by atoms with Crippen LogP contribution in [0, 0.1) is 0 Å². The van der Waals surface area contributed by atoms with Gasteiger partial charge in [-0.3, -0.25) is 9.59 Å². The molecule has 1 aliphatic heterocycles. The van der Waals surface area contributed by atoms with E-state index in [1.54, 1.807) is 29.2 Å². The Kier molecular flexibility index (Phi) is 6.15. The summed E-state index contributed by atoms with van der Waals surface area (Å²) in [7, 11) is -0.466. The van der Waals surface area contributed by atoms with Crippen molar-refractivity contribution < 1.29 is 18.0 Å². The highest BCUT2D eigenvalue weighted by atomic mass is 32.2. The first kappa shape index (κ1) is 19.4. The third kappa shape index (κ3) is 4.77. The summed E-state index contributed by atoms with van der Waals surface area (Å²) in [6, 6.07) is 6.67. The van der Waals surface area contributed by atoms with Crippen LogP contribution in [-0.2, 0) is 15.0 Å². The minimum atomic E-state index is -3.47. The summed E-state index contributed by atoms with van der Waals surface area (Å²) in [5, 5.41) is 2.65. The monoisotopic (exact) mass is 368 g/mol. The van der Waals surface area contributed by atoms with E-state index in [2.05, 4.69) is 5.32 Å². The van der Waals surface area contributed by atoms with Gasteiger partial charge in [0.15, 0.2) is 0 Å². The molecule has 0 atom stereocenters. The molecule has 1 aromatic carbocycles. The van der Waals surface area contributed by atoms with Gasteiger partial charge in [-0.05, 0) is 30.7 Å². The highest BCUT2D eigenvalue weighted by Crippen LogP contribution is 2.15. The van der Waals surface area contributed by atoms with Crippen LogP contribution in [0.3, 0.4) is 0 Å². The first-order valence-corrected chi connectivity index (χ1v) is 9.46. The zero-order valence-corrected chi connectivity index (χ0v) is 15.5. The van der Waals surface area contributed by atoms with E-state index in [1.807, 2.05) is 0 Å². The smallest absolute Gasteiger partial charge is 0.281 e. The van der Waals surface area contributed by atoms with Gasteiger partial charge in [-0.25, -0.2) is 0 Å². The average molecular weight is 368 g/mol. The minimum Gasteiger partial charge on any atom is -0.337 e. The molecule has 8 nitrogen and oxygen atoms in total. The summed E-state index contributed by atoms with van der Waals surface area (Å²) in [5.74, 6) is -0.313. The van der Waals surface area contributed by atoms with Crippen molar-refractivity contribution in [3.63, 3.8) is 0 Å². The van der Waals surface area contributed by atoms with Crippen molar-refractivity contribution >= 4 is 27.7 Å². The number of benzene rings is 1. The molecule has 0 unspecified atom stereocenters. The standard InChI is InChI=1S/C16H24N4O4S/c1-13(21)17-15-7-5-14(6-8-15)16(22)19-9-4-10-20(12-11-19)25(23,24)18(2)3/h5-8H,4,9-12H2,1-3H3,(H,17,21). The molecular weight excluding hydrogens is 344 g/mol. The van der Waals surface area contributed by atoms with Crippen LogP contribution in [0.25, 0.3) is 0 Å². The number of carbonyl (C=O) groups is 2. The van der Waals surface area contributed by atoms with E-state index < -0.39 is 10.2 Å². The SMILES string of the molecule is CC(=O)Nc1ccc(C(=O)N2CCCN(S(=O)(=O)N(C)C)CC2)cc1. The second-order valence-corrected chi connectivity index (χ2v) is 8.24. The zero-order valence-electron chi connectivity index (χ0n) is 14.7. The second-order valence-electron chi connectivity index (χ2n) is 6.09. The molecular formula is C16H24N4O4S. The lowest BCUT2D eigenvalue weighted by Crippen LogP contribution is -2.42. The van der Waals surface area contributed by atoms with E-state index in [0.717, 1.165) is 0 Å². The molecule has 0 spiro atoms. The molecule has 2 amide bonds. The number of nitrogens with zero attached hydrogens (tertiary/aromatic N) is 3. The minimum absolute atomic E-state index is 0.140. The number of carbonyl (C=O) groups excluding carboxylic acids is 2. The van der Waals surface area contributed by atoms with Crippen LogP contribution in [0.4, 0.5) is 5.69 Å². The molecule has 0 saturated carbocycles. The number of nitrogens with one attached hydrogen (secondary N) is 1.